The summed E-state index contributed by atoms with van der Waals surface area (Å²) in [4.78, 5) is 12.1. The fraction of sp³-hybridized carbons (Fsp3) is 0.850. The van der Waals surface area contributed by atoms with Gasteiger partial charge < -0.3 is 24.1 Å². The van der Waals surface area contributed by atoms with E-state index < -0.39 is 22.9 Å². The average molecular weight is 360 g/mol. The van der Waals surface area contributed by atoms with Gasteiger partial charge in [0, 0.05) is 11.0 Å². The minimum absolute atomic E-state index is 0.00808. The molecule has 140 valence electrons. The molecule has 4 aliphatic heterocycles. The zero-order chi connectivity index (χ0) is 17.9. The van der Waals surface area contributed by atoms with Crippen LogP contribution < -0.4 is 0 Å². The number of carbonyl (C=O) groups is 1. The van der Waals surface area contributed by atoms with Crippen LogP contribution in [-0.4, -0.2) is 58.9 Å². The first-order valence-corrected chi connectivity index (χ1v) is 9.95. The van der Waals surface area contributed by atoms with E-state index >= 15 is 0 Å². The number of epoxide rings is 3. The zero-order valence-electron chi connectivity index (χ0n) is 15.3. The van der Waals surface area contributed by atoms with Gasteiger partial charge in [-0.15, -0.1) is 0 Å². The number of hydrogen-bond acceptors (Lipinski definition) is 6. The summed E-state index contributed by atoms with van der Waals surface area (Å²) >= 11 is 0. The van der Waals surface area contributed by atoms with Gasteiger partial charge in [0.25, 0.3) is 0 Å². The van der Waals surface area contributed by atoms with Crippen molar-refractivity contribution in [2.75, 3.05) is 6.61 Å². The Balaban J connectivity index is 1.39. The molecular weight excluding hydrogens is 336 g/mol. The van der Waals surface area contributed by atoms with Crippen LogP contribution in [-0.2, 0) is 23.7 Å². The molecule has 0 aromatic heterocycles. The van der Waals surface area contributed by atoms with Crippen LogP contribution in [0.5, 0.6) is 0 Å². The Labute approximate surface area is 151 Å². The molecule has 0 bridgehead atoms. The van der Waals surface area contributed by atoms with Gasteiger partial charge in [0.05, 0.1) is 6.10 Å². The van der Waals surface area contributed by atoms with Crippen LogP contribution in [0, 0.1) is 17.3 Å². The minimum Gasteiger partial charge on any atom is -0.458 e. The molecule has 0 aromatic carbocycles. The Morgan fingerprint density at radius 2 is 2.00 bits per heavy atom. The predicted octanol–water partition coefficient (Wildman–Crippen LogP) is 1.10. The molecule has 7 rings (SSSR count). The van der Waals surface area contributed by atoms with E-state index in [9.17, 15) is 9.90 Å². The van der Waals surface area contributed by atoms with Crippen molar-refractivity contribution < 1.29 is 28.8 Å². The lowest BCUT2D eigenvalue weighted by atomic mass is 9.46. The zero-order valence-corrected chi connectivity index (χ0v) is 15.3. The minimum atomic E-state index is -0.654. The molecule has 4 heterocycles. The van der Waals surface area contributed by atoms with Crippen molar-refractivity contribution in [1.29, 1.82) is 0 Å². The summed E-state index contributed by atoms with van der Waals surface area (Å²) in [5.41, 5.74) is 0.230. The maximum absolute atomic E-state index is 12.1. The normalized spacial score (nSPS) is 63.1. The molecule has 6 nitrogen and oxygen atoms in total. The van der Waals surface area contributed by atoms with Crippen LogP contribution in [0.1, 0.15) is 40.0 Å². The van der Waals surface area contributed by atoms with E-state index in [0.717, 1.165) is 30.4 Å². The Kier molecular flexibility index (Phi) is 2.19. The van der Waals surface area contributed by atoms with Gasteiger partial charge in [-0.1, -0.05) is 20.8 Å². The van der Waals surface area contributed by atoms with E-state index in [1.165, 1.54) is 0 Å². The van der Waals surface area contributed by atoms with E-state index in [1.807, 2.05) is 0 Å². The monoisotopic (exact) mass is 360 g/mol. The second kappa shape index (κ2) is 3.79. The highest BCUT2D eigenvalue weighted by atomic mass is 16.7. The number of hydrogen-bond donors (Lipinski definition) is 1. The molecule has 3 saturated heterocycles. The van der Waals surface area contributed by atoms with Crippen molar-refractivity contribution >= 4 is 5.97 Å². The molecule has 3 aliphatic carbocycles. The van der Waals surface area contributed by atoms with Crippen LogP contribution in [0.4, 0.5) is 0 Å². The lowest BCUT2D eigenvalue weighted by molar-refractivity contribution is -0.136. The molecule has 2 saturated carbocycles. The Morgan fingerprint density at radius 1 is 1.19 bits per heavy atom. The molecule has 1 N–H and O–H groups in total. The largest absolute Gasteiger partial charge is 0.458 e. The van der Waals surface area contributed by atoms with Crippen molar-refractivity contribution in [3.63, 3.8) is 0 Å². The van der Waals surface area contributed by atoms with Gasteiger partial charge in [-0.05, 0) is 36.7 Å². The van der Waals surface area contributed by atoms with E-state index in [-0.39, 0.29) is 41.5 Å². The maximum atomic E-state index is 12.1. The van der Waals surface area contributed by atoms with Crippen LogP contribution in [0.2, 0.25) is 0 Å². The summed E-state index contributed by atoms with van der Waals surface area (Å²) < 4.78 is 24.3. The molecule has 2 spiro atoms. The topological polar surface area (TPSA) is 84.1 Å². The van der Waals surface area contributed by atoms with Crippen molar-refractivity contribution in [3.05, 3.63) is 11.1 Å². The van der Waals surface area contributed by atoms with Crippen molar-refractivity contribution in [2.45, 2.75) is 81.3 Å². The van der Waals surface area contributed by atoms with Gasteiger partial charge in [0.15, 0.2) is 5.60 Å². The van der Waals surface area contributed by atoms with E-state index in [4.69, 9.17) is 18.9 Å². The predicted molar refractivity (Wildman–Crippen MR) is 87.1 cm³/mol. The summed E-state index contributed by atoms with van der Waals surface area (Å²) in [5, 5.41) is 11.4. The molecule has 0 unspecified atom stereocenters. The third-order valence-electron chi connectivity index (χ3n) is 9.10. The molecule has 7 aliphatic rings. The van der Waals surface area contributed by atoms with E-state index in [2.05, 4.69) is 20.8 Å². The quantitative estimate of drug-likeness (QED) is 0.557. The smallest absolute Gasteiger partial charge is 0.334 e. The highest BCUT2D eigenvalue weighted by molar-refractivity contribution is 5.92. The molecule has 6 heteroatoms. The number of aliphatic hydroxyl groups excluding tert-OH is 1. The van der Waals surface area contributed by atoms with Crippen LogP contribution in [0.15, 0.2) is 11.1 Å². The number of carbonyl (C=O) groups excluding carboxylic acids is 1. The van der Waals surface area contributed by atoms with Gasteiger partial charge in [0.1, 0.15) is 36.1 Å². The van der Waals surface area contributed by atoms with Crippen molar-refractivity contribution in [3.8, 4) is 0 Å². The van der Waals surface area contributed by atoms with Gasteiger partial charge in [-0.25, -0.2) is 4.79 Å². The fourth-order valence-corrected chi connectivity index (χ4v) is 7.70. The molecule has 5 fully saturated rings. The first-order valence-electron chi connectivity index (χ1n) is 9.95. The first-order chi connectivity index (χ1) is 12.3. The number of cyclic esters (lactones) is 1. The number of aliphatic hydroxyl groups is 1. The summed E-state index contributed by atoms with van der Waals surface area (Å²) in [6.45, 7) is 6.91. The SMILES string of the molecule is CC(C)[C@]12O[C@@H]1[C@@H]1O[C@@]13[C@@]1(O[C@H]1C[C@H]1C4=C(CC[C@]13C)C(=O)OC4)[C@H]2O. The van der Waals surface area contributed by atoms with Crippen molar-refractivity contribution in [1.82, 2.24) is 0 Å². The van der Waals surface area contributed by atoms with Gasteiger partial charge in [-0.3, -0.25) is 0 Å². The van der Waals surface area contributed by atoms with Gasteiger partial charge in [0.2, 0.25) is 0 Å². The lowest BCUT2D eigenvalue weighted by Gasteiger charge is -2.53. The third-order valence-corrected chi connectivity index (χ3v) is 9.10. The van der Waals surface area contributed by atoms with Gasteiger partial charge >= 0.3 is 5.97 Å². The standard InChI is InChI=1S/C20H24O6/c1-8(2)18-13(25-18)14-20(26-14)17(3)5-4-9-10(7-23-15(9)21)11(17)6-12-19(20,24-12)16(18)22/h8,11-14,16,22H,4-7H2,1-3H3/t11-,12-,13+,14-,16-,17+,18-,19-,20-/m0/s1. The Bertz CT molecular complexity index is 819. The number of rotatable bonds is 1. The highest BCUT2D eigenvalue weighted by Crippen LogP contribution is 2.82. The van der Waals surface area contributed by atoms with Crippen LogP contribution in [0.3, 0.4) is 0 Å². The second-order valence-electron chi connectivity index (χ2n) is 9.91. The number of esters is 1. The first kappa shape index (κ1) is 15.0. The molecule has 0 amide bonds. The lowest BCUT2D eigenvalue weighted by Crippen LogP contribution is -2.69. The summed E-state index contributed by atoms with van der Waals surface area (Å²) in [6, 6.07) is 0. The molecule has 26 heavy (non-hydrogen) atoms. The highest BCUT2D eigenvalue weighted by Gasteiger charge is 3.00. The molecule has 9 atom stereocenters. The maximum Gasteiger partial charge on any atom is 0.334 e. The average Bonchev–Trinajstić information content (AvgIpc) is 3.47. The fourth-order valence-electron chi connectivity index (χ4n) is 7.70. The summed E-state index contributed by atoms with van der Waals surface area (Å²) in [6.07, 6.45) is 1.71. The third kappa shape index (κ3) is 1.14. The van der Waals surface area contributed by atoms with E-state index in [1.54, 1.807) is 0 Å². The number of ether oxygens (including phenoxy) is 4. The summed E-state index contributed by atoms with van der Waals surface area (Å²) in [7, 11) is 0. The molecular formula is C20H24O6. The molecule has 0 radical (unpaired) electrons. The molecule has 0 aromatic rings. The number of fused-ring (bicyclic) bond motifs is 4. The van der Waals surface area contributed by atoms with Crippen LogP contribution in [0.25, 0.3) is 0 Å². The van der Waals surface area contributed by atoms with Crippen LogP contribution >= 0.6 is 0 Å². The Hall–Kier alpha value is -0.950. The van der Waals surface area contributed by atoms with Crippen molar-refractivity contribution in [2.24, 2.45) is 17.3 Å². The summed E-state index contributed by atoms with van der Waals surface area (Å²) in [5.74, 6) is 0.297. The van der Waals surface area contributed by atoms with Gasteiger partial charge in [-0.2, -0.15) is 0 Å². The Morgan fingerprint density at radius 3 is 2.77 bits per heavy atom. The second-order valence-corrected chi connectivity index (χ2v) is 9.91. The van der Waals surface area contributed by atoms with E-state index in [0.29, 0.717) is 6.61 Å².